The summed E-state index contributed by atoms with van der Waals surface area (Å²) in [7, 11) is 0. The fourth-order valence-corrected chi connectivity index (χ4v) is 1.90. The Kier molecular flexibility index (Phi) is 5.51. The first-order chi connectivity index (χ1) is 8.04. The summed E-state index contributed by atoms with van der Waals surface area (Å²) in [4.78, 5) is 13.0. The van der Waals surface area contributed by atoms with Crippen LogP contribution in [0.1, 0.15) is 29.3 Å². The summed E-state index contributed by atoms with van der Waals surface area (Å²) < 4.78 is 0. The van der Waals surface area contributed by atoms with Gasteiger partial charge in [-0.05, 0) is 44.2 Å². The molecule has 1 unspecified atom stereocenters. The molecule has 4 heteroatoms. The zero-order valence-electron chi connectivity index (χ0n) is 10.5. The van der Waals surface area contributed by atoms with Crippen molar-refractivity contribution in [1.29, 1.82) is 0 Å². The van der Waals surface area contributed by atoms with E-state index in [1.165, 1.54) is 0 Å². The predicted molar refractivity (Wildman–Crippen MR) is 71.6 cm³/mol. The molecule has 3 nitrogen and oxygen atoms in total. The van der Waals surface area contributed by atoms with Gasteiger partial charge in [-0.3, -0.25) is 4.79 Å². The minimum absolute atomic E-state index is 0.0703. The second-order valence-corrected chi connectivity index (χ2v) is 4.95. The maximum Gasteiger partial charge on any atom is 0.251 e. The van der Waals surface area contributed by atoms with Gasteiger partial charge in [-0.1, -0.05) is 6.07 Å². The lowest BCUT2D eigenvalue weighted by molar-refractivity contribution is 0.0945. The van der Waals surface area contributed by atoms with Gasteiger partial charge in [0.25, 0.3) is 5.91 Å². The van der Waals surface area contributed by atoms with Crippen LogP contribution in [0.15, 0.2) is 23.1 Å². The molecule has 1 amide bonds. The van der Waals surface area contributed by atoms with E-state index in [4.69, 9.17) is 5.11 Å². The average Bonchev–Trinajstić information content (AvgIpc) is 2.29. The van der Waals surface area contributed by atoms with E-state index in [0.29, 0.717) is 18.5 Å². The van der Waals surface area contributed by atoms with Crippen LogP contribution in [-0.4, -0.2) is 29.9 Å². The van der Waals surface area contributed by atoms with E-state index in [1.54, 1.807) is 18.7 Å². The second kappa shape index (κ2) is 6.67. The highest BCUT2D eigenvalue weighted by Gasteiger charge is 2.09. The van der Waals surface area contributed by atoms with E-state index in [0.717, 1.165) is 10.5 Å². The molecule has 0 aliphatic carbocycles. The SMILES string of the molecule is CSc1ccc(C)c(C(=O)NCCC(C)O)c1. The molecule has 1 aromatic rings. The van der Waals surface area contributed by atoms with E-state index >= 15 is 0 Å². The first kappa shape index (κ1) is 14.1. The molecule has 0 saturated carbocycles. The Morgan fingerprint density at radius 2 is 2.24 bits per heavy atom. The summed E-state index contributed by atoms with van der Waals surface area (Å²) >= 11 is 1.62. The lowest BCUT2D eigenvalue weighted by Crippen LogP contribution is -2.27. The van der Waals surface area contributed by atoms with Crippen LogP contribution in [0.3, 0.4) is 0 Å². The third kappa shape index (κ3) is 4.40. The molecule has 1 atom stereocenters. The molecule has 0 saturated heterocycles. The largest absolute Gasteiger partial charge is 0.393 e. The third-order valence-electron chi connectivity index (χ3n) is 2.54. The molecule has 0 aliphatic heterocycles. The average molecular weight is 253 g/mol. The monoisotopic (exact) mass is 253 g/mol. The highest BCUT2D eigenvalue weighted by molar-refractivity contribution is 7.98. The maximum atomic E-state index is 11.9. The number of carbonyl (C=O) groups excluding carboxylic acids is 1. The number of aliphatic hydroxyl groups is 1. The van der Waals surface area contributed by atoms with Gasteiger partial charge in [-0.25, -0.2) is 0 Å². The number of aliphatic hydroxyl groups excluding tert-OH is 1. The zero-order valence-corrected chi connectivity index (χ0v) is 11.3. The van der Waals surface area contributed by atoms with Crippen LogP contribution in [0.5, 0.6) is 0 Å². The van der Waals surface area contributed by atoms with E-state index in [9.17, 15) is 4.79 Å². The van der Waals surface area contributed by atoms with Gasteiger partial charge < -0.3 is 10.4 Å². The fourth-order valence-electron chi connectivity index (χ4n) is 1.46. The quantitative estimate of drug-likeness (QED) is 0.791. The van der Waals surface area contributed by atoms with Crippen molar-refractivity contribution < 1.29 is 9.90 Å². The van der Waals surface area contributed by atoms with Gasteiger partial charge >= 0.3 is 0 Å². The number of aryl methyl sites for hydroxylation is 1. The van der Waals surface area contributed by atoms with Crippen molar-refractivity contribution >= 4 is 17.7 Å². The number of rotatable bonds is 5. The third-order valence-corrected chi connectivity index (χ3v) is 3.26. The van der Waals surface area contributed by atoms with Crippen LogP contribution in [0.4, 0.5) is 0 Å². The van der Waals surface area contributed by atoms with Gasteiger partial charge in [0.2, 0.25) is 0 Å². The standard InChI is InChI=1S/C13H19NO2S/c1-9-4-5-11(17-3)8-12(9)13(16)14-7-6-10(2)15/h4-5,8,10,15H,6-7H2,1-3H3,(H,14,16). The molecular formula is C13H19NO2S. The van der Waals surface area contributed by atoms with E-state index < -0.39 is 0 Å². The molecule has 0 heterocycles. The van der Waals surface area contributed by atoms with Crippen molar-refractivity contribution in [3.05, 3.63) is 29.3 Å². The fraction of sp³-hybridized carbons (Fsp3) is 0.462. The Balaban J connectivity index is 2.67. The first-order valence-corrected chi connectivity index (χ1v) is 6.88. The Hall–Kier alpha value is -1.00. The van der Waals surface area contributed by atoms with Crippen LogP contribution in [0.25, 0.3) is 0 Å². The van der Waals surface area contributed by atoms with E-state index in [2.05, 4.69) is 5.32 Å². The molecule has 0 spiro atoms. The van der Waals surface area contributed by atoms with Gasteiger partial charge in [0.05, 0.1) is 6.10 Å². The van der Waals surface area contributed by atoms with Gasteiger partial charge in [0, 0.05) is 17.0 Å². The van der Waals surface area contributed by atoms with Crippen molar-refractivity contribution in [1.82, 2.24) is 5.32 Å². The Morgan fingerprint density at radius 1 is 1.53 bits per heavy atom. The number of carbonyl (C=O) groups is 1. The lowest BCUT2D eigenvalue weighted by atomic mass is 10.1. The predicted octanol–water partition coefficient (Wildman–Crippen LogP) is 2.22. The van der Waals surface area contributed by atoms with Crippen molar-refractivity contribution in [3.63, 3.8) is 0 Å². The number of amides is 1. The number of nitrogens with one attached hydrogen (secondary N) is 1. The van der Waals surface area contributed by atoms with E-state index in [1.807, 2.05) is 31.4 Å². The van der Waals surface area contributed by atoms with Gasteiger partial charge in [0.1, 0.15) is 0 Å². The summed E-state index contributed by atoms with van der Waals surface area (Å²) in [6, 6.07) is 5.86. The molecule has 0 aromatic heterocycles. The molecule has 17 heavy (non-hydrogen) atoms. The van der Waals surface area contributed by atoms with Gasteiger partial charge in [-0.15, -0.1) is 11.8 Å². The molecular weight excluding hydrogens is 234 g/mol. The van der Waals surface area contributed by atoms with Crippen LogP contribution >= 0.6 is 11.8 Å². The topological polar surface area (TPSA) is 49.3 Å². The van der Waals surface area contributed by atoms with Gasteiger partial charge in [-0.2, -0.15) is 0 Å². The normalized spacial score (nSPS) is 12.2. The Labute approximate surface area is 107 Å². The van der Waals surface area contributed by atoms with Crippen LogP contribution in [-0.2, 0) is 0 Å². The summed E-state index contributed by atoms with van der Waals surface area (Å²) in [6.07, 6.45) is 2.18. The van der Waals surface area contributed by atoms with E-state index in [-0.39, 0.29) is 12.0 Å². The second-order valence-electron chi connectivity index (χ2n) is 4.07. The van der Waals surface area contributed by atoms with Crippen LogP contribution in [0, 0.1) is 6.92 Å². The molecule has 2 N–H and O–H groups in total. The van der Waals surface area contributed by atoms with Crippen molar-refractivity contribution in [2.75, 3.05) is 12.8 Å². The van der Waals surface area contributed by atoms with Crippen molar-refractivity contribution in [2.24, 2.45) is 0 Å². The molecule has 0 radical (unpaired) electrons. The van der Waals surface area contributed by atoms with Crippen LogP contribution < -0.4 is 5.32 Å². The minimum atomic E-state index is -0.381. The lowest BCUT2D eigenvalue weighted by Gasteiger charge is -2.09. The summed E-state index contributed by atoms with van der Waals surface area (Å²) in [5.74, 6) is -0.0703. The number of benzene rings is 1. The Morgan fingerprint density at radius 3 is 2.82 bits per heavy atom. The number of hydrogen-bond donors (Lipinski definition) is 2. The van der Waals surface area contributed by atoms with Crippen molar-refractivity contribution in [2.45, 2.75) is 31.3 Å². The molecule has 1 aromatic carbocycles. The van der Waals surface area contributed by atoms with Gasteiger partial charge in [0.15, 0.2) is 0 Å². The number of hydrogen-bond acceptors (Lipinski definition) is 3. The molecule has 1 rings (SSSR count). The maximum absolute atomic E-state index is 11.9. The smallest absolute Gasteiger partial charge is 0.251 e. The minimum Gasteiger partial charge on any atom is -0.393 e. The summed E-state index contributed by atoms with van der Waals surface area (Å²) in [5.41, 5.74) is 1.68. The number of thioether (sulfide) groups is 1. The highest BCUT2D eigenvalue weighted by atomic mass is 32.2. The Bertz CT molecular complexity index is 391. The summed E-state index contributed by atoms with van der Waals surface area (Å²) in [5, 5.41) is 11.9. The zero-order chi connectivity index (χ0) is 12.8. The first-order valence-electron chi connectivity index (χ1n) is 5.65. The highest BCUT2D eigenvalue weighted by Crippen LogP contribution is 2.18. The van der Waals surface area contributed by atoms with Crippen LogP contribution in [0.2, 0.25) is 0 Å². The summed E-state index contributed by atoms with van der Waals surface area (Å²) in [6.45, 7) is 4.14. The molecule has 0 fully saturated rings. The molecule has 0 aliphatic rings. The molecule has 94 valence electrons. The van der Waals surface area contributed by atoms with Crippen molar-refractivity contribution in [3.8, 4) is 0 Å². The molecule has 0 bridgehead atoms.